The molecule has 7 heteroatoms. The monoisotopic (exact) mass is 480 g/mol. The average Bonchev–Trinajstić information content (AvgIpc) is 2.88. The molecule has 4 heterocycles. The third-order valence-electron chi connectivity index (χ3n) is 6.54. The molecule has 0 atom stereocenters. The molecule has 0 aliphatic carbocycles. The van der Waals surface area contributed by atoms with Gasteiger partial charge in [-0.15, -0.1) is 0 Å². The van der Waals surface area contributed by atoms with Gasteiger partial charge in [-0.25, -0.2) is 4.98 Å². The lowest BCUT2D eigenvalue weighted by atomic mass is 10.0. The molecule has 4 aromatic rings. The third kappa shape index (κ3) is 5.52. The Kier molecular flexibility index (Phi) is 6.91. The second kappa shape index (κ2) is 10.4. The van der Waals surface area contributed by atoms with E-state index in [4.69, 9.17) is 0 Å². The van der Waals surface area contributed by atoms with Crippen LogP contribution in [0.1, 0.15) is 29.9 Å². The van der Waals surface area contributed by atoms with Crippen LogP contribution in [0.25, 0.3) is 21.9 Å². The molecule has 0 radical (unpaired) electrons. The molecule has 1 aliphatic rings. The maximum atomic E-state index is 13.1. The Hall–Kier alpha value is -3.84. The molecule has 0 unspecified atom stereocenters. The topological polar surface area (TPSA) is 74.2 Å². The number of benzene rings is 1. The zero-order chi connectivity index (χ0) is 25.1. The first-order valence-electron chi connectivity index (χ1n) is 12.5. The van der Waals surface area contributed by atoms with Gasteiger partial charge in [-0.2, -0.15) is 0 Å². The molecule has 7 nitrogen and oxygen atoms in total. The van der Waals surface area contributed by atoms with Gasteiger partial charge >= 0.3 is 0 Å². The van der Waals surface area contributed by atoms with Gasteiger partial charge in [-0.3, -0.25) is 14.8 Å². The maximum absolute atomic E-state index is 13.1. The SMILES string of the molecule is CC(C)Nc1cncc(-c2ccc3cnc(CC(=O)c4ccnc(N5CCN(C)CC5)c4)cc3c2)c1. The van der Waals surface area contributed by atoms with Crippen LogP contribution >= 0.6 is 0 Å². The number of carbonyl (C=O) groups is 1. The largest absolute Gasteiger partial charge is 0.382 e. The highest BCUT2D eigenvalue weighted by molar-refractivity contribution is 5.98. The van der Waals surface area contributed by atoms with E-state index in [1.54, 1.807) is 12.3 Å². The normalized spacial score (nSPS) is 14.4. The van der Waals surface area contributed by atoms with Crippen LogP contribution in [0.5, 0.6) is 0 Å². The molecule has 1 aromatic carbocycles. The second-order valence-corrected chi connectivity index (χ2v) is 9.79. The van der Waals surface area contributed by atoms with Gasteiger partial charge in [-0.1, -0.05) is 12.1 Å². The minimum atomic E-state index is 0.0486. The summed E-state index contributed by atoms with van der Waals surface area (Å²) in [5, 5.41) is 5.50. The van der Waals surface area contributed by atoms with Crippen LogP contribution in [0.2, 0.25) is 0 Å². The van der Waals surface area contributed by atoms with Crippen LogP contribution in [0.3, 0.4) is 0 Å². The number of fused-ring (bicyclic) bond motifs is 1. The molecule has 1 aliphatic heterocycles. The van der Waals surface area contributed by atoms with Crippen LogP contribution in [0.15, 0.2) is 67.3 Å². The van der Waals surface area contributed by atoms with Gasteiger partial charge in [0.1, 0.15) is 5.82 Å². The molecule has 184 valence electrons. The second-order valence-electron chi connectivity index (χ2n) is 9.79. The van der Waals surface area contributed by atoms with Gasteiger partial charge in [-0.05, 0) is 62.2 Å². The van der Waals surface area contributed by atoms with Crippen LogP contribution < -0.4 is 10.2 Å². The number of carbonyl (C=O) groups excluding carboxylic acids is 1. The Balaban J connectivity index is 1.35. The van der Waals surface area contributed by atoms with Crippen molar-refractivity contribution in [3.8, 4) is 11.1 Å². The number of likely N-dealkylation sites (N-methyl/N-ethyl adjacent to an activating group) is 1. The number of nitrogens with one attached hydrogen (secondary N) is 1. The highest BCUT2D eigenvalue weighted by Crippen LogP contribution is 2.26. The van der Waals surface area contributed by atoms with E-state index < -0.39 is 0 Å². The number of pyridine rings is 3. The van der Waals surface area contributed by atoms with Gasteiger partial charge in [0, 0.05) is 79.2 Å². The minimum absolute atomic E-state index is 0.0486. The molecule has 3 aromatic heterocycles. The molecular weight excluding hydrogens is 448 g/mol. The van der Waals surface area contributed by atoms with Crippen molar-refractivity contribution in [3.05, 3.63) is 78.5 Å². The van der Waals surface area contributed by atoms with Gasteiger partial charge in [0.05, 0.1) is 12.1 Å². The molecule has 0 saturated carbocycles. The van der Waals surface area contributed by atoms with Gasteiger partial charge in [0.15, 0.2) is 5.78 Å². The van der Waals surface area contributed by atoms with E-state index >= 15 is 0 Å². The quantitative estimate of drug-likeness (QED) is 0.385. The molecular formula is C29H32N6O. The molecule has 0 spiro atoms. The molecule has 1 saturated heterocycles. The Morgan fingerprint density at radius 1 is 0.917 bits per heavy atom. The minimum Gasteiger partial charge on any atom is -0.382 e. The van der Waals surface area contributed by atoms with E-state index in [9.17, 15) is 4.79 Å². The van der Waals surface area contributed by atoms with Crippen molar-refractivity contribution in [1.29, 1.82) is 0 Å². The summed E-state index contributed by atoms with van der Waals surface area (Å²) in [7, 11) is 2.13. The summed E-state index contributed by atoms with van der Waals surface area (Å²) in [5.41, 5.74) is 4.56. The van der Waals surface area contributed by atoms with E-state index in [-0.39, 0.29) is 12.2 Å². The summed E-state index contributed by atoms with van der Waals surface area (Å²) in [6.45, 7) is 8.05. The number of piperazine rings is 1. The lowest BCUT2D eigenvalue weighted by Gasteiger charge is -2.33. The van der Waals surface area contributed by atoms with Crippen molar-refractivity contribution in [2.24, 2.45) is 0 Å². The smallest absolute Gasteiger partial charge is 0.169 e. The van der Waals surface area contributed by atoms with Gasteiger partial charge in [0.25, 0.3) is 0 Å². The maximum Gasteiger partial charge on any atom is 0.169 e. The van der Waals surface area contributed by atoms with E-state index in [2.05, 4.69) is 75.2 Å². The first-order valence-corrected chi connectivity index (χ1v) is 12.5. The first-order chi connectivity index (χ1) is 17.4. The van der Waals surface area contributed by atoms with E-state index in [1.165, 1.54) is 0 Å². The Morgan fingerprint density at radius 2 is 1.75 bits per heavy atom. The summed E-state index contributed by atoms with van der Waals surface area (Å²) in [4.78, 5) is 31.2. The summed E-state index contributed by atoms with van der Waals surface area (Å²) in [5.74, 6) is 0.917. The van der Waals surface area contributed by atoms with Crippen LogP contribution in [-0.4, -0.2) is 64.9 Å². The van der Waals surface area contributed by atoms with E-state index in [0.29, 0.717) is 11.6 Å². The standard InChI is InChI=1S/C29H32N6O/c1-20(2)33-27-14-25(17-30-19-27)21-4-5-23-18-32-26(13-24(23)12-21)16-28(36)22-6-7-31-29(15-22)35-10-8-34(3)9-11-35/h4-7,12-15,17-20,33H,8-11,16H2,1-3H3. The summed E-state index contributed by atoms with van der Waals surface area (Å²) in [6, 6.07) is 14.5. The number of anilines is 2. The fourth-order valence-corrected chi connectivity index (χ4v) is 4.54. The first kappa shape index (κ1) is 23.9. The predicted molar refractivity (Wildman–Crippen MR) is 146 cm³/mol. The van der Waals surface area contributed by atoms with Crippen molar-refractivity contribution in [1.82, 2.24) is 19.9 Å². The van der Waals surface area contributed by atoms with Crippen molar-refractivity contribution < 1.29 is 4.79 Å². The van der Waals surface area contributed by atoms with Crippen LogP contribution in [0, 0.1) is 0 Å². The molecule has 1 N–H and O–H groups in total. The third-order valence-corrected chi connectivity index (χ3v) is 6.54. The van der Waals surface area contributed by atoms with E-state index in [0.717, 1.165) is 65.3 Å². The zero-order valence-electron chi connectivity index (χ0n) is 21.1. The van der Waals surface area contributed by atoms with Gasteiger partial charge in [0.2, 0.25) is 0 Å². The number of hydrogen-bond acceptors (Lipinski definition) is 7. The molecule has 36 heavy (non-hydrogen) atoms. The summed E-state index contributed by atoms with van der Waals surface area (Å²) < 4.78 is 0. The summed E-state index contributed by atoms with van der Waals surface area (Å²) in [6.07, 6.45) is 7.55. The van der Waals surface area contributed by atoms with Crippen molar-refractivity contribution in [3.63, 3.8) is 0 Å². The average molecular weight is 481 g/mol. The van der Waals surface area contributed by atoms with Crippen LogP contribution in [0.4, 0.5) is 11.5 Å². The number of aromatic nitrogens is 3. The lowest BCUT2D eigenvalue weighted by molar-refractivity contribution is 0.0992. The molecule has 5 rings (SSSR count). The summed E-state index contributed by atoms with van der Waals surface area (Å²) >= 11 is 0. The predicted octanol–water partition coefficient (Wildman–Crippen LogP) is 4.69. The van der Waals surface area contributed by atoms with Crippen LogP contribution in [-0.2, 0) is 6.42 Å². The lowest BCUT2D eigenvalue weighted by Crippen LogP contribution is -2.44. The number of hydrogen-bond donors (Lipinski definition) is 1. The number of ketones is 1. The number of rotatable bonds is 7. The fraction of sp³-hybridized carbons (Fsp3) is 0.310. The Labute approximate surface area is 212 Å². The van der Waals surface area contributed by atoms with Crippen molar-refractivity contribution >= 4 is 28.1 Å². The Morgan fingerprint density at radius 3 is 2.56 bits per heavy atom. The van der Waals surface area contributed by atoms with E-state index in [1.807, 2.05) is 30.7 Å². The fourth-order valence-electron chi connectivity index (χ4n) is 4.54. The highest BCUT2D eigenvalue weighted by Gasteiger charge is 2.17. The number of Topliss-reactive ketones (excluding diaryl/α,β-unsaturated/α-hetero) is 1. The number of nitrogens with zero attached hydrogens (tertiary/aromatic N) is 5. The Bertz CT molecular complexity index is 1380. The molecule has 0 bridgehead atoms. The molecule has 1 fully saturated rings. The van der Waals surface area contributed by atoms with Crippen molar-refractivity contribution in [2.75, 3.05) is 43.4 Å². The van der Waals surface area contributed by atoms with Crippen molar-refractivity contribution in [2.45, 2.75) is 26.3 Å². The zero-order valence-corrected chi connectivity index (χ0v) is 21.1. The van der Waals surface area contributed by atoms with Gasteiger partial charge < -0.3 is 15.1 Å². The highest BCUT2D eigenvalue weighted by atomic mass is 16.1. The molecule has 0 amide bonds.